The van der Waals surface area contributed by atoms with Crippen molar-refractivity contribution in [1.29, 1.82) is 0 Å². The van der Waals surface area contributed by atoms with Gasteiger partial charge in [0.05, 0.1) is 7.11 Å². The highest BCUT2D eigenvalue weighted by atomic mass is 16.5. The van der Waals surface area contributed by atoms with Crippen LogP contribution in [0.25, 0.3) is 0 Å². The Morgan fingerprint density at radius 3 is 2.54 bits per heavy atom. The molecule has 1 unspecified atom stereocenters. The van der Waals surface area contributed by atoms with E-state index in [1.54, 1.807) is 7.11 Å². The fourth-order valence-corrected chi connectivity index (χ4v) is 3.56. The van der Waals surface area contributed by atoms with Gasteiger partial charge in [0.25, 0.3) is 0 Å². The maximum atomic E-state index is 5.48. The first-order chi connectivity index (χ1) is 12.5. The van der Waals surface area contributed by atoms with Crippen molar-refractivity contribution >= 4 is 5.96 Å². The number of nitrogens with one attached hydrogen (secondary N) is 2. The van der Waals surface area contributed by atoms with Gasteiger partial charge in [-0.2, -0.15) is 0 Å². The second-order valence-electron chi connectivity index (χ2n) is 7.81. The molecule has 1 aromatic carbocycles. The highest BCUT2D eigenvalue weighted by molar-refractivity contribution is 5.79. The number of para-hydroxylation sites is 1. The minimum atomic E-state index is 0.131. The summed E-state index contributed by atoms with van der Waals surface area (Å²) >= 11 is 0. The Morgan fingerprint density at radius 2 is 1.88 bits per heavy atom. The second kappa shape index (κ2) is 9.81. The molecule has 0 saturated carbocycles. The first-order valence-electron chi connectivity index (χ1n) is 9.80. The number of hydrogen-bond donors (Lipinski definition) is 2. The van der Waals surface area contributed by atoms with E-state index >= 15 is 0 Å². The van der Waals surface area contributed by atoms with E-state index in [0.717, 1.165) is 24.8 Å². The molecule has 5 heteroatoms. The standard InChI is InChI=1S/C21H36N4O/c1-17(18-11-7-8-12-19(18)26-5)15-23-20(22-4)24-16-21(2,3)25-13-9-6-10-14-25/h7-8,11-12,17H,6,9-10,13-16H2,1-5H3,(H2,22,23,24). The minimum Gasteiger partial charge on any atom is -0.496 e. The maximum Gasteiger partial charge on any atom is 0.191 e. The topological polar surface area (TPSA) is 48.9 Å². The third kappa shape index (κ3) is 5.63. The molecule has 1 aliphatic rings. The molecule has 0 aromatic heterocycles. The van der Waals surface area contributed by atoms with Crippen molar-refractivity contribution in [1.82, 2.24) is 15.5 Å². The predicted molar refractivity (Wildman–Crippen MR) is 110 cm³/mol. The summed E-state index contributed by atoms with van der Waals surface area (Å²) in [5.74, 6) is 2.13. The van der Waals surface area contributed by atoms with Crippen molar-refractivity contribution in [2.24, 2.45) is 4.99 Å². The van der Waals surface area contributed by atoms with Crippen molar-refractivity contribution < 1.29 is 4.74 Å². The number of guanidine groups is 1. The zero-order chi connectivity index (χ0) is 19.0. The fraction of sp³-hybridized carbons (Fsp3) is 0.667. The third-order valence-corrected chi connectivity index (χ3v) is 5.37. The summed E-state index contributed by atoms with van der Waals surface area (Å²) in [5.41, 5.74) is 1.35. The van der Waals surface area contributed by atoms with E-state index in [-0.39, 0.29) is 5.54 Å². The van der Waals surface area contributed by atoms with Crippen molar-refractivity contribution in [3.63, 3.8) is 0 Å². The van der Waals surface area contributed by atoms with Gasteiger partial charge in [-0.1, -0.05) is 31.5 Å². The van der Waals surface area contributed by atoms with Gasteiger partial charge < -0.3 is 15.4 Å². The molecule has 1 aromatic rings. The van der Waals surface area contributed by atoms with Crippen LogP contribution in [0.4, 0.5) is 0 Å². The largest absolute Gasteiger partial charge is 0.496 e. The molecule has 0 radical (unpaired) electrons. The molecule has 0 bridgehead atoms. The molecule has 1 saturated heterocycles. The molecule has 1 heterocycles. The molecule has 146 valence electrons. The van der Waals surface area contributed by atoms with Gasteiger partial charge in [-0.3, -0.25) is 9.89 Å². The zero-order valence-electron chi connectivity index (χ0n) is 17.1. The van der Waals surface area contributed by atoms with Gasteiger partial charge in [0.15, 0.2) is 5.96 Å². The summed E-state index contributed by atoms with van der Waals surface area (Å²) in [5, 5.41) is 6.97. The Bertz CT molecular complexity index is 579. The summed E-state index contributed by atoms with van der Waals surface area (Å²) in [6, 6.07) is 8.20. The molecule has 2 rings (SSSR count). The van der Waals surface area contributed by atoms with Crippen molar-refractivity contribution in [2.45, 2.75) is 51.5 Å². The average molecular weight is 361 g/mol. The van der Waals surface area contributed by atoms with Gasteiger partial charge in [-0.05, 0) is 51.4 Å². The summed E-state index contributed by atoms with van der Waals surface area (Å²) in [6.07, 6.45) is 3.99. The number of piperidine rings is 1. The molecule has 5 nitrogen and oxygen atoms in total. The van der Waals surface area contributed by atoms with Gasteiger partial charge in [0.2, 0.25) is 0 Å². The van der Waals surface area contributed by atoms with Gasteiger partial charge in [-0.15, -0.1) is 0 Å². The van der Waals surface area contributed by atoms with Gasteiger partial charge in [0.1, 0.15) is 5.75 Å². The number of nitrogens with zero attached hydrogens (tertiary/aromatic N) is 2. The molecular formula is C21H36N4O. The van der Waals surface area contributed by atoms with Gasteiger partial charge >= 0.3 is 0 Å². The van der Waals surface area contributed by atoms with Crippen molar-refractivity contribution in [3.05, 3.63) is 29.8 Å². The highest BCUT2D eigenvalue weighted by Crippen LogP contribution is 2.25. The highest BCUT2D eigenvalue weighted by Gasteiger charge is 2.27. The average Bonchev–Trinajstić information content (AvgIpc) is 2.68. The maximum absolute atomic E-state index is 5.48. The lowest BCUT2D eigenvalue weighted by molar-refractivity contribution is 0.0982. The van der Waals surface area contributed by atoms with Crippen LogP contribution < -0.4 is 15.4 Å². The number of methoxy groups -OCH3 is 1. The van der Waals surface area contributed by atoms with E-state index in [2.05, 4.69) is 53.4 Å². The Kier molecular flexibility index (Phi) is 7.76. The SMILES string of the molecule is CN=C(NCC(C)c1ccccc1OC)NCC(C)(C)N1CCCCC1. The van der Waals surface area contributed by atoms with Crippen LogP contribution in [-0.4, -0.2) is 56.7 Å². The van der Waals surface area contributed by atoms with Crippen LogP contribution in [-0.2, 0) is 0 Å². The zero-order valence-corrected chi connectivity index (χ0v) is 17.1. The Morgan fingerprint density at radius 1 is 1.19 bits per heavy atom. The smallest absolute Gasteiger partial charge is 0.191 e. The summed E-state index contributed by atoms with van der Waals surface area (Å²) in [6.45, 7) is 10.9. The van der Waals surface area contributed by atoms with Crippen LogP contribution in [0.5, 0.6) is 5.75 Å². The fourth-order valence-electron chi connectivity index (χ4n) is 3.56. The molecule has 0 amide bonds. The molecule has 2 N–H and O–H groups in total. The number of rotatable bonds is 7. The number of aliphatic imine (C=N–C) groups is 1. The lowest BCUT2D eigenvalue weighted by Crippen LogP contribution is -2.55. The van der Waals surface area contributed by atoms with E-state index < -0.39 is 0 Å². The monoisotopic (exact) mass is 360 g/mol. The molecule has 0 aliphatic carbocycles. The summed E-state index contributed by atoms with van der Waals surface area (Å²) in [7, 11) is 3.55. The second-order valence-corrected chi connectivity index (χ2v) is 7.81. The van der Waals surface area contributed by atoms with Crippen LogP contribution in [0.2, 0.25) is 0 Å². The minimum absolute atomic E-state index is 0.131. The molecule has 1 fully saturated rings. The first kappa shape index (κ1) is 20.6. The third-order valence-electron chi connectivity index (χ3n) is 5.37. The number of ether oxygens (including phenoxy) is 1. The van der Waals surface area contributed by atoms with Crippen LogP contribution in [0.1, 0.15) is 51.5 Å². The first-order valence-corrected chi connectivity index (χ1v) is 9.80. The van der Waals surface area contributed by atoms with Crippen LogP contribution in [0.15, 0.2) is 29.3 Å². The van der Waals surface area contributed by atoms with E-state index in [1.165, 1.54) is 37.9 Å². The van der Waals surface area contributed by atoms with Crippen molar-refractivity contribution in [3.8, 4) is 5.75 Å². The molecule has 1 atom stereocenters. The molecule has 1 aliphatic heterocycles. The normalized spacial score (nSPS) is 17.7. The quantitative estimate of drug-likeness (QED) is 0.579. The van der Waals surface area contributed by atoms with Gasteiger partial charge in [0, 0.05) is 31.6 Å². The molecule has 26 heavy (non-hydrogen) atoms. The van der Waals surface area contributed by atoms with E-state index in [0.29, 0.717) is 5.92 Å². The van der Waals surface area contributed by atoms with E-state index in [1.807, 2.05) is 19.2 Å². The van der Waals surface area contributed by atoms with Crippen LogP contribution in [0.3, 0.4) is 0 Å². The number of benzene rings is 1. The van der Waals surface area contributed by atoms with Crippen molar-refractivity contribution in [2.75, 3.05) is 40.3 Å². The number of hydrogen-bond acceptors (Lipinski definition) is 3. The molecule has 0 spiro atoms. The van der Waals surface area contributed by atoms with E-state index in [4.69, 9.17) is 4.74 Å². The van der Waals surface area contributed by atoms with Gasteiger partial charge in [-0.25, -0.2) is 0 Å². The lowest BCUT2D eigenvalue weighted by atomic mass is 9.98. The number of likely N-dealkylation sites (tertiary alicyclic amines) is 1. The van der Waals surface area contributed by atoms with Crippen LogP contribution in [0, 0.1) is 0 Å². The predicted octanol–water partition coefficient (Wildman–Crippen LogP) is 3.23. The molecular weight excluding hydrogens is 324 g/mol. The summed E-state index contributed by atoms with van der Waals surface area (Å²) < 4.78 is 5.48. The Hall–Kier alpha value is -1.75. The lowest BCUT2D eigenvalue weighted by Gasteiger charge is -2.41. The Labute approximate surface area is 159 Å². The summed E-state index contributed by atoms with van der Waals surface area (Å²) in [4.78, 5) is 6.98. The van der Waals surface area contributed by atoms with Crippen LogP contribution >= 0.6 is 0 Å². The van der Waals surface area contributed by atoms with E-state index in [9.17, 15) is 0 Å². The Balaban J connectivity index is 1.85.